The van der Waals surface area contributed by atoms with Crippen molar-refractivity contribution < 1.29 is 14.3 Å². The third-order valence-corrected chi connectivity index (χ3v) is 3.34. The molecule has 1 N–H and O–H groups in total. The zero-order valence-corrected chi connectivity index (χ0v) is 12.3. The number of nitrogens with one attached hydrogen (secondary N) is 1. The van der Waals surface area contributed by atoms with Crippen molar-refractivity contribution in [3.05, 3.63) is 0 Å². The summed E-state index contributed by atoms with van der Waals surface area (Å²) in [6, 6.07) is 0.379. The molecule has 1 amide bonds. The summed E-state index contributed by atoms with van der Waals surface area (Å²) in [7, 11) is 0. The van der Waals surface area contributed by atoms with Crippen molar-refractivity contribution >= 4 is 5.91 Å². The molecule has 0 bridgehead atoms. The summed E-state index contributed by atoms with van der Waals surface area (Å²) in [6.45, 7) is 8.82. The van der Waals surface area contributed by atoms with Crippen molar-refractivity contribution in [1.29, 1.82) is 0 Å². The lowest BCUT2D eigenvalue weighted by Crippen LogP contribution is -2.47. The Bertz CT molecular complexity index is 243. The third-order valence-electron chi connectivity index (χ3n) is 3.34. The molecule has 0 atom stereocenters. The molecule has 0 aromatic rings. The van der Waals surface area contributed by atoms with E-state index in [1.165, 1.54) is 0 Å². The largest absolute Gasteiger partial charge is 0.379 e. The molecular weight excluding hydrogens is 244 g/mol. The van der Waals surface area contributed by atoms with Crippen LogP contribution in [0, 0.1) is 0 Å². The smallest absolute Gasteiger partial charge is 0.248 e. The highest BCUT2D eigenvalue weighted by Gasteiger charge is 2.24. The molecule has 0 aliphatic carbocycles. The van der Waals surface area contributed by atoms with E-state index < -0.39 is 0 Å². The summed E-state index contributed by atoms with van der Waals surface area (Å²) in [4.78, 5) is 14.2. The quantitative estimate of drug-likeness (QED) is 0.637. The summed E-state index contributed by atoms with van der Waals surface area (Å²) < 4.78 is 10.6. The molecule has 19 heavy (non-hydrogen) atoms. The first-order valence-electron chi connectivity index (χ1n) is 7.45. The maximum absolute atomic E-state index is 12.2. The Kier molecular flexibility index (Phi) is 8.79. The van der Waals surface area contributed by atoms with Gasteiger partial charge in [0.15, 0.2) is 0 Å². The summed E-state index contributed by atoms with van der Waals surface area (Å²) in [6.07, 6.45) is 3.09. The van der Waals surface area contributed by atoms with E-state index in [0.29, 0.717) is 25.9 Å². The number of piperidine rings is 1. The Labute approximate surface area is 116 Å². The second-order valence-electron chi connectivity index (χ2n) is 4.82. The van der Waals surface area contributed by atoms with Crippen LogP contribution in [0.25, 0.3) is 0 Å². The first kappa shape index (κ1) is 16.4. The van der Waals surface area contributed by atoms with Crippen LogP contribution < -0.4 is 5.32 Å². The van der Waals surface area contributed by atoms with Gasteiger partial charge in [0.2, 0.25) is 5.91 Å². The normalized spacial score (nSPS) is 16.5. The Hall–Kier alpha value is -0.650. The number of carbonyl (C=O) groups excluding carboxylic acids is 1. The lowest BCUT2D eigenvalue weighted by Gasteiger charge is -2.34. The highest BCUT2D eigenvalue weighted by atomic mass is 16.5. The van der Waals surface area contributed by atoms with Crippen molar-refractivity contribution in [2.45, 2.75) is 39.2 Å². The Balaban J connectivity index is 2.30. The number of rotatable bonds is 9. The molecule has 0 aromatic carbocycles. The van der Waals surface area contributed by atoms with Crippen LogP contribution in [0.3, 0.4) is 0 Å². The minimum atomic E-state index is 0.116. The first-order valence-corrected chi connectivity index (χ1v) is 7.45. The zero-order valence-electron chi connectivity index (χ0n) is 12.3. The average Bonchev–Trinajstić information content (AvgIpc) is 2.45. The van der Waals surface area contributed by atoms with Crippen LogP contribution in [0.1, 0.15) is 33.1 Å². The Morgan fingerprint density at radius 2 is 1.89 bits per heavy atom. The van der Waals surface area contributed by atoms with Gasteiger partial charge in [-0.15, -0.1) is 0 Å². The summed E-state index contributed by atoms with van der Waals surface area (Å²) >= 11 is 0. The summed E-state index contributed by atoms with van der Waals surface area (Å²) in [5.41, 5.74) is 0. The standard InChI is InChI=1S/C14H28N2O3/c1-3-9-16(13-5-7-15-8-6-13)14(17)12-19-11-10-18-4-2/h13,15H,3-12H2,1-2H3. The molecule has 5 heteroatoms. The second-order valence-corrected chi connectivity index (χ2v) is 4.82. The lowest BCUT2D eigenvalue weighted by molar-refractivity contribution is -0.139. The fourth-order valence-electron chi connectivity index (χ4n) is 2.37. The zero-order chi connectivity index (χ0) is 13.9. The van der Waals surface area contributed by atoms with E-state index >= 15 is 0 Å². The molecule has 0 unspecified atom stereocenters. The predicted octanol–water partition coefficient (Wildman–Crippen LogP) is 1.03. The molecule has 0 spiro atoms. The Morgan fingerprint density at radius 1 is 1.21 bits per heavy atom. The molecule has 1 aliphatic heterocycles. The molecule has 1 heterocycles. The predicted molar refractivity (Wildman–Crippen MR) is 75.2 cm³/mol. The number of carbonyl (C=O) groups is 1. The van der Waals surface area contributed by atoms with Gasteiger partial charge in [-0.25, -0.2) is 0 Å². The maximum atomic E-state index is 12.2. The number of nitrogens with zero attached hydrogens (tertiary/aromatic N) is 1. The van der Waals surface area contributed by atoms with Gasteiger partial charge in [0.25, 0.3) is 0 Å². The topological polar surface area (TPSA) is 50.8 Å². The number of hydrogen-bond donors (Lipinski definition) is 1. The minimum Gasteiger partial charge on any atom is -0.379 e. The molecule has 0 radical (unpaired) electrons. The van der Waals surface area contributed by atoms with Gasteiger partial charge in [0.1, 0.15) is 6.61 Å². The number of amides is 1. The van der Waals surface area contributed by atoms with Crippen LogP contribution in [0.4, 0.5) is 0 Å². The molecule has 1 fully saturated rings. The van der Waals surface area contributed by atoms with Crippen molar-refractivity contribution in [2.24, 2.45) is 0 Å². The van der Waals surface area contributed by atoms with Crippen molar-refractivity contribution in [3.63, 3.8) is 0 Å². The maximum Gasteiger partial charge on any atom is 0.248 e. The third kappa shape index (κ3) is 6.36. The SMILES string of the molecule is CCCN(C(=O)COCCOCC)C1CCNCC1. The van der Waals surface area contributed by atoms with E-state index in [-0.39, 0.29) is 12.5 Å². The van der Waals surface area contributed by atoms with Gasteiger partial charge < -0.3 is 19.7 Å². The summed E-state index contributed by atoms with van der Waals surface area (Å²) in [5, 5.41) is 3.33. The van der Waals surface area contributed by atoms with E-state index in [1.54, 1.807) is 0 Å². The average molecular weight is 272 g/mol. The molecule has 112 valence electrons. The lowest BCUT2D eigenvalue weighted by atomic mass is 10.0. The van der Waals surface area contributed by atoms with E-state index in [2.05, 4.69) is 12.2 Å². The van der Waals surface area contributed by atoms with Gasteiger partial charge in [-0.1, -0.05) is 6.92 Å². The van der Waals surface area contributed by atoms with Gasteiger partial charge >= 0.3 is 0 Å². The number of hydrogen-bond acceptors (Lipinski definition) is 4. The van der Waals surface area contributed by atoms with Gasteiger partial charge in [0.05, 0.1) is 13.2 Å². The van der Waals surface area contributed by atoms with Crippen LogP contribution in [0.5, 0.6) is 0 Å². The Morgan fingerprint density at radius 3 is 2.53 bits per heavy atom. The van der Waals surface area contributed by atoms with Crippen LogP contribution in [-0.2, 0) is 14.3 Å². The monoisotopic (exact) mass is 272 g/mol. The fourth-order valence-corrected chi connectivity index (χ4v) is 2.37. The molecule has 5 nitrogen and oxygen atoms in total. The highest BCUT2D eigenvalue weighted by Crippen LogP contribution is 2.12. The highest BCUT2D eigenvalue weighted by molar-refractivity contribution is 5.77. The van der Waals surface area contributed by atoms with Crippen molar-refractivity contribution in [1.82, 2.24) is 10.2 Å². The summed E-state index contributed by atoms with van der Waals surface area (Å²) in [5.74, 6) is 0.116. The van der Waals surface area contributed by atoms with Crippen LogP contribution in [-0.4, -0.2) is 62.9 Å². The fraction of sp³-hybridized carbons (Fsp3) is 0.929. The molecule has 1 saturated heterocycles. The van der Waals surface area contributed by atoms with E-state index in [4.69, 9.17) is 9.47 Å². The molecule has 1 aliphatic rings. The van der Waals surface area contributed by atoms with E-state index in [9.17, 15) is 4.79 Å². The number of ether oxygens (including phenoxy) is 2. The van der Waals surface area contributed by atoms with Gasteiger partial charge in [-0.3, -0.25) is 4.79 Å². The second kappa shape index (κ2) is 10.2. The van der Waals surface area contributed by atoms with E-state index in [0.717, 1.165) is 38.9 Å². The minimum absolute atomic E-state index is 0.116. The molecule has 1 rings (SSSR count). The van der Waals surface area contributed by atoms with Gasteiger partial charge in [-0.05, 0) is 39.3 Å². The molecule has 0 aromatic heterocycles. The van der Waals surface area contributed by atoms with Crippen LogP contribution in [0.2, 0.25) is 0 Å². The van der Waals surface area contributed by atoms with Gasteiger partial charge in [-0.2, -0.15) is 0 Å². The van der Waals surface area contributed by atoms with Crippen LogP contribution >= 0.6 is 0 Å². The van der Waals surface area contributed by atoms with Crippen molar-refractivity contribution in [2.75, 3.05) is 46.1 Å². The van der Waals surface area contributed by atoms with Gasteiger partial charge in [0, 0.05) is 19.2 Å². The molecule has 0 saturated carbocycles. The van der Waals surface area contributed by atoms with Crippen molar-refractivity contribution in [3.8, 4) is 0 Å². The first-order chi connectivity index (χ1) is 9.29. The van der Waals surface area contributed by atoms with Crippen LogP contribution in [0.15, 0.2) is 0 Å². The molecular formula is C14H28N2O3. The van der Waals surface area contributed by atoms with E-state index in [1.807, 2.05) is 11.8 Å².